The van der Waals surface area contributed by atoms with Gasteiger partial charge in [-0.3, -0.25) is 18.1 Å². The zero-order chi connectivity index (χ0) is 38.7. The SMILES string of the molecule is CCOc1cc(F)c[c-]c1-c1ccn(CC)n1.CCOc1cc(F)c[c-]c1-c1ccn(CC)n1.FC(F)(F)c1cc(-c2nccn2-c2ccccc2)[n-]n1.[Ir+3]. The number of hydrogen-bond acceptors (Lipinski definition) is 6. The van der Waals surface area contributed by atoms with Gasteiger partial charge in [0.05, 0.1) is 13.2 Å². The topological polar surface area (TPSA) is 98.9 Å². The molecule has 0 amide bonds. The van der Waals surface area contributed by atoms with Crippen LogP contribution in [0.25, 0.3) is 39.7 Å². The van der Waals surface area contributed by atoms with Crippen LogP contribution >= 0.6 is 0 Å². The fourth-order valence-corrected chi connectivity index (χ4v) is 5.02. The number of rotatable bonds is 10. The van der Waals surface area contributed by atoms with Gasteiger partial charge in [0.2, 0.25) is 0 Å². The van der Waals surface area contributed by atoms with Gasteiger partial charge in [-0.1, -0.05) is 59.3 Å². The predicted octanol–water partition coefficient (Wildman–Crippen LogP) is 8.72. The second-order valence-electron chi connectivity index (χ2n) is 11.2. The van der Waals surface area contributed by atoms with Crippen molar-refractivity contribution in [2.75, 3.05) is 13.2 Å². The molecule has 7 aromatic rings. The van der Waals surface area contributed by atoms with E-state index >= 15 is 0 Å². The number of nitrogens with zero attached hydrogens (tertiary/aromatic N) is 8. The number of aromatic nitrogens is 8. The molecule has 0 fully saturated rings. The second kappa shape index (κ2) is 19.6. The molecular weight excluding hydrogens is 900 g/mol. The van der Waals surface area contributed by atoms with Crippen LogP contribution in [0.2, 0.25) is 0 Å². The average molecular weight is 936 g/mol. The van der Waals surface area contributed by atoms with E-state index < -0.39 is 11.9 Å². The van der Waals surface area contributed by atoms with Crippen molar-refractivity contribution in [1.29, 1.82) is 0 Å². The van der Waals surface area contributed by atoms with Crippen molar-refractivity contribution in [3.63, 3.8) is 0 Å². The molecule has 0 atom stereocenters. The van der Waals surface area contributed by atoms with E-state index in [2.05, 4.69) is 37.5 Å². The molecule has 3 aromatic carbocycles. The van der Waals surface area contributed by atoms with Crippen LogP contribution in [-0.4, -0.2) is 47.4 Å². The standard InChI is InChI=1S/C13H8F3N4.2C13H14FN2O.Ir/c14-13(15,16)11-8-10(18-19-11)12-17-6-7-20(12)9-4-2-1-3-5-9;2*1-3-16-8-7-12(15-16)11-6-5-10(14)9-13(11)17-4-2;/h1-8H;2*5,7-9H,3-4H2,1-2H3;/q3*-1;+3. The van der Waals surface area contributed by atoms with Gasteiger partial charge in [-0.25, -0.2) is 15.2 Å². The Balaban J connectivity index is 0.000000183. The van der Waals surface area contributed by atoms with Crippen molar-refractivity contribution in [2.45, 2.75) is 47.0 Å². The Morgan fingerprint density at radius 1 is 0.727 bits per heavy atom. The molecule has 0 N–H and O–H groups in total. The van der Waals surface area contributed by atoms with Crippen molar-refractivity contribution in [1.82, 2.24) is 39.3 Å². The van der Waals surface area contributed by atoms with Gasteiger partial charge in [-0.2, -0.15) is 13.2 Å². The summed E-state index contributed by atoms with van der Waals surface area (Å²) >= 11 is 0. The van der Waals surface area contributed by atoms with E-state index in [0.29, 0.717) is 41.7 Å². The number of aryl methyl sites for hydroxylation is 2. The molecule has 10 nitrogen and oxygen atoms in total. The van der Waals surface area contributed by atoms with Crippen molar-refractivity contribution in [3.8, 4) is 51.2 Å². The molecule has 288 valence electrons. The average Bonchev–Trinajstić information content (AvgIpc) is 4.00. The van der Waals surface area contributed by atoms with Gasteiger partial charge >= 0.3 is 26.3 Å². The zero-order valence-electron chi connectivity index (χ0n) is 30.2. The first-order valence-electron chi connectivity index (χ1n) is 17.0. The molecule has 0 unspecified atom stereocenters. The minimum absolute atomic E-state index is 0. The monoisotopic (exact) mass is 936 g/mol. The van der Waals surface area contributed by atoms with Gasteiger partial charge < -0.3 is 24.2 Å². The van der Waals surface area contributed by atoms with Crippen LogP contribution in [0.4, 0.5) is 22.0 Å². The molecule has 4 heterocycles. The summed E-state index contributed by atoms with van der Waals surface area (Å²) in [6.45, 7) is 10.3. The second-order valence-corrected chi connectivity index (χ2v) is 11.2. The molecule has 0 aliphatic carbocycles. The summed E-state index contributed by atoms with van der Waals surface area (Å²) in [5, 5.41) is 15.4. The first kappa shape index (κ1) is 42.1. The molecule has 0 bridgehead atoms. The van der Waals surface area contributed by atoms with Crippen molar-refractivity contribution in [3.05, 3.63) is 127 Å². The largest absolute Gasteiger partial charge is 3.00 e. The number of halogens is 5. The normalized spacial score (nSPS) is 10.8. The van der Waals surface area contributed by atoms with Crippen LogP contribution in [0, 0.1) is 23.8 Å². The van der Waals surface area contributed by atoms with Gasteiger partial charge in [0.1, 0.15) is 11.5 Å². The Kier molecular flexibility index (Phi) is 15.1. The number of alkyl halides is 3. The summed E-state index contributed by atoms with van der Waals surface area (Å²) in [5.74, 6) is 0.571. The fraction of sp³-hybridized carbons (Fsp3) is 0.231. The summed E-state index contributed by atoms with van der Waals surface area (Å²) in [6, 6.07) is 24.8. The minimum Gasteiger partial charge on any atom is -0.572 e. The smallest absolute Gasteiger partial charge is 0.572 e. The van der Waals surface area contributed by atoms with Gasteiger partial charge in [-0.15, -0.1) is 24.3 Å². The maximum Gasteiger partial charge on any atom is 3.00 e. The Morgan fingerprint density at radius 2 is 1.25 bits per heavy atom. The van der Waals surface area contributed by atoms with Crippen molar-refractivity contribution in [2.24, 2.45) is 0 Å². The van der Waals surface area contributed by atoms with E-state index in [1.54, 1.807) is 10.8 Å². The molecule has 7 rings (SSSR count). The first-order chi connectivity index (χ1) is 26.0. The molecular formula is C39H36F5IrN8O2. The number of ether oxygens (including phenoxy) is 2. The molecule has 0 spiro atoms. The van der Waals surface area contributed by atoms with Crippen LogP contribution in [-0.2, 0) is 39.4 Å². The maximum atomic E-state index is 13.1. The van der Waals surface area contributed by atoms with E-state index in [1.807, 2.05) is 91.9 Å². The van der Waals surface area contributed by atoms with Crippen molar-refractivity contribution < 1.29 is 51.5 Å². The van der Waals surface area contributed by atoms with E-state index in [9.17, 15) is 22.0 Å². The van der Waals surface area contributed by atoms with E-state index in [1.165, 1.54) is 30.5 Å². The van der Waals surface area contributed by atoms with Gasteiger partial charge in [0.15, 0.2) is 0 Å². The Labute approximate surface area is 328 Å². The minimum atomic E-state index is -4.50. The first-order valence-corrected chi connectivity index (χ1v) is 17.0. The van der Waals surface area contributed by atoms with Crippen LogP contribution in [0.1, 0.15) is 33.4 Å². The molecule has 0 radical (unpaired) electrons. The Hall–Kier alpha value is -5.60. The zero-order valence-corrected chi connectivity index (χ0v) is 32.6. The summed E-state index contributed by atoms with van der Waals surface area (Å²) in [7, 11) is 0. The molecule has 4 aromatic heterocycles. The fourth-order valence-electron chi connectivity index (χ4n) is 5.02. The van der Waals surface area contributed by atoms with Crippen LogP contribution in [0.3, 0.4) is 0 Å². The maximum absolute atomic E-state index is 13.1. The van der Waals surface area contributed by atoms with Gasteiger partial charge in [0.25, 0.3) is 0 Å². The third-order valence-electron chi connectivity index (χ3n) is 7.51. The Bertz CT molecular complexity index is 2140. The summed E-state index contributed by atoms with van der Waals surface area (Å²) in [6.07, 6.45) is 2.41. The van der Waals surface area contributed by atoms with Crippen molar-refractivity contribution >= 4 is 0 Å². The van der Waals surface area contributed by atoms with Crippen LogP contribution < -0.4 is 14.6 Å². The third kappa shape index (κ3) is 11.0. The third-order valence-corrected chi connectivity index (χ3v) is 7.51. The molecule has 0 aliphatic rings. The van der Waals surface area contributed by atoms with Crippen LogP contribution in [0.5, 0.6) is 11.5 Å². The number of para-hydroxylation sites is 1. The molecule has 55 heavy (non-hydrogen) atoms. The summed E-state index contributed by atoms with van der Waals surface area (Å²) < 4.78 is 79.9. The summed E-state index contributed by atoms with van der Waals surface area (Å²) in [5.41, 5.74) is 2.74. The van der Waals surface area contributed by atoms with Crippen LogP contribution in [0.15, 0.2) is 97.6 Å². The summed E-state index contributed by atoms with van der Waals surface area (Å²) in [4.78, 5) is 4.05. The number of imidazole rings is 1. The predicted molar refractivity (Wildman–Crippen MR) is 192 cm³/mol. The quantitative estimate of drug-likeness (QED) is 0.100. The van der Waals surface area contributed by atoms with Gasteiger partial charge in [0, 0.05) is 78.1 Å². The van der Waals surface area contributed by atoms with E-state index in [-0.39, 0.29) is 37.4 Å². The van der Waals surface area contributed by atoms with E-state index in [4.69, 9.17) is 9.47 Å². The van der Waals surface area contributed by atoms with E-state index in [0.717, 1.165) is 36.2 Å². The number of benzene rings is 3. The Morgan fingerprint density at radius 3 is 1.69 bits per heavy atom. The molecule has 16 heteroatoms. The molecule has 0 aliphatic heterocycles. The molecule has 0 saturated carbocycles. The number of hydrogen-bond donors (Lipinski definition) is 0. The molecule has 0 saturated heterocycles. The van der Waals surface area contributed by atoms with Gasteiger partial charge in [-0.05, 0) is 45.9 Å².